The number of hydrogen-bond acceptors (Lipinski definition) is 3. The van der Waals surface area contributed by atoms with Crippen LogP contribution >= 0.6 is 0 Å². The number of carbonyl (C=O) groups excluding carboxylic acids is 1. The van der Waals surface area contributed by atoms with Crippen molar-refractivity contribution in [3.05, 3.63) is 29.8 Å². The second kappa shape index (κ2) is 8.62. The molecule has 0 bridgehead atoms. The molecule has 112 valence electrons. The van der Waals surface area contributed by atoms with Crippen LogP contribution in [0.25, 0.3) is 0 Å². The van der Waals surface area contributed by atoms with E-state index in [0.717, 1.165) is 12.8 Å². The molecular weight excluding hydrogens is 252 g/mol. The Hall–Kier alpha value is -1.51. The van der Waals surface area contributed by atoms with Gasteiger partial charge in [-0.15, -0.1) is 0 Å². The number of unbranched alkanes of at least 4 members (excludes halogenated alkanes) is 1. The fourth-order valence-corrected chi connectivity index (χ4v) is 2.04. The van der Waals surface area contributed by atoms with Crippen LogP contribution in [0.1, 0.15) is 52.5 Å². The van der Waals surface area contributed by atoms with Crippen LogP contribution in [0, 0.1) is 5.92 Å². The van der Waals surface area contributed by atoms with Gasteiger partial charge in [0.2, 0.25) is 0 Å². The van der Waals surface area contributed by atoms with Crippen LogP contribution in [-0.2, 0) is 11.2 Å². The second-order valence-electron chi connectivity index (χ2n) is 5.41. The molecule has 0 amide bonds. The summed E-state index contributed by atoms with van der Waals surface area (Å²) in [6, 6.07) is 7.64. The molecule has 0 aromatic heterocycles. The van der Waals surface area contributed by atoms with Crippen molar-refractivity contribution in [3.8, 4) is 5.75 Å². The van der Waals surface area contributed by atoms with Gasteiger partial charge in [0.1, 0.15) is 11.9 Å². The van der Waals surface area contributed by atoms with Crippen molar-refractivity contribution in [1.82, 2.24) is 0 Å². The molecule has 0 radical (unpaired) electrons. The first kappa shape index (κ1) is 16.5. The van der Waals surface area contributed by atoms with E-state index in [9.17, 15) is 4.79 Å². The molecule has 0 saturated carbocycles. The van der Waals surface area contributed by atoms with Crippen LogP contribution in [0.15, 0.2) is 24.3 Å². The van der Waals surface area contributed by atoms with E-state index in [1.54, 1.807) is 0 Å². The zero-order valence-electron chi connectivity index (χ0n) is 13.0. The van der Waals surface area contributed by atoms with E-state index in [1.165, 1.54) is 18.4 Å². The van der Waals surface area contributed by atoms with Gasteiger partial charge in [0, 0.05) is 0 Å². The monoisotopic (exact) mass is 278 g/mol. The van der Waals surface area contributed by atoms with Crippen LogP contribution in [-0.4, -0.2) is 12.3 Å². The minimum Gasteiger partial charge on any atom is -0.430 e. The second-order valence-corrected chi connectivity index (χ2v) is 5.41. The van der Waals surface area contributed by atoms with Gasteiger partial charge >= 0.3 is 6.16 Å². The van der Waals surface area contributed by atoms with Crippen molar-refractivity contribution in [2.45, 2.75) is 59.5 Å². The number of ether oxygens (including phenoxy) is 2. The quantitative estimate of drug-likeness (QED) is 0.521. The highest BCUT2D eigenvalue weighted by Gasteiger charge is 2.17. The molecule has 0 aliphatic heterocycles. The maximum absolute atomic E-state index is 11.7. The molecule has 0 fully saturated rings. The van der Waals surface area contributed by atoms with Crippen molar-refractivity contribution in [1.29, 1.82) is 0 Å². The van der Waals surface area contributed by atoms with E-state index in [1.807, 2.05) is 45.0 Å². The largest absolute Gasteiger partial charge is 0.514 e. The summed E-state index contributed by atoms with van der Waals surface area (Å²) in [7, 11) is 0. The van der Waals surface area contributed by atoms with E-state index in [-0.39, 0.29) is 6.10 Å². The molecule has 0 spiro atoms. The Morgan fingerprint density at radius 2 is 1.80 bits per heavy atom. The lowest BCUT2D eigenvalue weighted by atomic mass is 10.1. The number of benzene rings is 1. The van der Waals surface area contributed by atoms with Crippen LogP contribution in [0.4, 0.5) is 4.79 Å². The van der Waals surface area contributed by atoms with Gasteiger partial charge in [0.05, 0.1) is 0 Å². The standard InChI is InChI=1S/C17H26O3/c1-5-7-8-14-9-11-15(12-10-14)19-17(18)20-16(6-2)13(3)4/h9-13,16H,5-8H2,1-4H3. The molecule has 0 N–H and O–H groups in total. The Morgan fingerprint density at radius 1 is 1.15 bits per heavy atom. The first-order valence-electron chi connectivity index (χ1n) is 7.54. The molecule has 1 rings (SSSR count). The van der Waals surface area contributed by atoms with Crippen molar-refractivity contribution < 1.29 is 14.3 Å². The van der Waals surface area contributed by atoms with E-state index >= 15 is 0 Å². The molecule has 1 aromatic carbocycles. The summed E-state index contributed by atoms with van der Waals surface area (Å²) in [6.45, 7) is 8.24. The number of hydrogen-bond donors (Lipinski definition) is 0. The molecular formula is C17H26O3. The normalized spacial score (nSPS) is 12.2. The molecule has 0 heterocycles. The zero-order valence-corrected chi connectivity index (χ0v) is 13.0. The average Bonchev–Trinajstić information content (AvgIpc) is 2.43. The molecule has 1 atom stereocenters. The van der Waals surface area contributed by atoms with Gasteiger partial charge in [-0.3, -0.25) is 0 Å². The Labute approximate surface area is 122 Å². The lowest BCUT2D eigenvalue weighted by Gasteiger charge is -2.19. The summed E-state index contributed by atoms with van der Waals surface area (Å²) in [4.78, 5) is 11.7. The van der Waals surface area contributed by atoms with Gasteiger partial charge in [-0.2, -0.15) is 0 Å². The van der Waals surface area contributed by atoms with Crippen molar-refractivity contribution in [3.63, 3.8) is 0 Å². The average molecular weight is 278 g/mol. The summed E-state index contributed by atoms with van der Waals surface area (Å²) in [5.41, 5.74) is 1.26. The fraction of sp³-hybridized carbons (Fsp3) is 0.588. The lowest BCUT2D eigenvalue weighted by Crippen LogP contribution is -2.24. The summed E-state index contributed by atoms with van der Waals surface area (Å²) in [5.74, 6) is 0.831. The number of carbonyl (C=O) groups is 1. The van der Waals surface area contributed by atoms with Crippen molar-refractivity contribution >= 4 is 6.16 Å². The molecule has 0 saturated heterocycles. The summed E-state index contributed by atoms with van der Waals surface area (Å²) >= 11 is 0. The van der Waals surface area contributed by atoms with E-state index in [4.69, 9.17) is 9.47 Å². The smallest absolute Gasteiger partial charge is 0.430 e. The molecule has 3 nitrogen and oxygen atoms in total. The van der Waals surface area contributed by atoms with Crippen molar-refractivity contribution in [2.24, 2.45) is 5.92 Å². The Bertz CT molecular complexity index is 395. The van der Waals surface area contributed by atoms with E-state index in [0.29, 0.717) is 11.7 Å². The Morgan fingerprint density at radius 3 is 2.30 bits per heavy atom. The van der Waals surface area contributed by atoms with Crippen LogP contribution in [0.5, 0.6) is 5.75 Å². The third-order valence-corrected chi connectivity index (χ3v) is 3.34. The fourth-order valence-electron chi connectivity index (χ4n) is 2.04. The maximum atomic E-state index is 11.7. The predicted molar refractivity (Wildman–Crippen MR) is 81.1 cm³/mol. The lowest BCUT2D eigenvalue weighted by molar-refractivity contribution is 0.0358. The summed E-state index contributed by atoms with van der Waals surface area (Å²) in [6.07, 6.45) is 3.50. The highest BCUT2D eigenvalue weighted by Crippen LogP contribution is 2.16. The third kappa shape index (κ3) is 5.64. The number of rotatable bonds is 7. The van der Waals surface area contributed by atoms with Gasteiger partial charge in [0.25, 0.3) is 0 Å². The molecule has 0 aliphatic carbocycles. The molecule has 20 heavy (non-hydrogen) atoms. The van der Waals surface area contributed by atoms with Gasteiger partial charge < -0.3 is 9.47 Å². The van der Waals surface area contributed by atoms with E-state index < -0.39 is 6.16 Å². The first-order valence-corrected chi connectivity index (χ1v) is 7.54. The highest BCUT2D eigenvalue weighted by atomic mass is 16.7. The van der Waals surface area contributed by atoms with Crippen LogP contribution < -0.4 is 4.74 Å². The molecule has 0 aliphatic rings. The predicted octanol–water partition coefficient (Wildman–Crippen LogP) is 4.98. The Balaban J connectivity index is 2.49. The van der Waals surface area contributed by atoms with Crippen molar-refractivity contribution in [2.75, 3.05) is 0 Å². The van der Waals surface area contributed by atoms with Crippen LogP contribution in [0.3, 0.4) is 0 Å². The minimum absolute atomic E-state index is 0.0914. The van der Waals surface area contributed by atoms with Gasteiger partial charge in [-0.1, -0.05) is 46.2 Å². The zero-order chi connectivity index (χ0) is 15.0. The highest BCUT2D eigenvalue weighted by molar-refractivity contribution is 5.64. The molecule has 1 aromatic rings. The van der Waals surface area contributed by atoms with Crippen LogP contribution in [0.2, 0.25) is 0 Å². The number of aryl methyl sites for hydroxylation is 1. The first-order chi connectivity index (χ1) is 9.56. The van der Waals surface area contributed by atoms with E-state index in [2.05, 4.69) is 6.92 Å². The maximum Gasteiger partial charge on any atom is 0.514 e. The topological polar surface area (TPSA) is 35.5 Å². The Kier molecular flexibility index (Phi) is 7.13. The van der Waals surface area contributed by atoms with Gasteiger partial charge in [0.15, 0.2) is 0 Å². The van der Waals surface area contributed by atoms with Gasteiger partial charge in [-0.25, -0.2) is 4.79 Å². The SMILES string of the molecule is CCCCc1ccc(OC(=O)OC(CC)C(C)C)cc1. The minimum atomic E-state index is -0.619. The third-order valence-electron chi connectivity index (χ3n) is 3.34. The summed E-state index contributed by atoms with van der Waals surface area (Å²) in [5, 5.41) is 0. The molecule has 1 unspecified atom stereocenters. The molecule has 3 heteroatoms. The van der Waals surface area contributed by atoms with Gasteiger partial charge in [-0.05, 0) is 42.9 Å². The summed E-state index contributed by atoms with van der Waals surface area (Å²) < 4.78 is 10.5.